The van der Waals surface area contributed by atoms with Gasteiger partial charge in [-0.15, -0.1) is 0 Å². The number of carbonyl (C=O) groups excluding carboxylic acids is 1. The topological polar surface area (TPSA) is 84.2 Å². The highest BCUT2D eigenvalue weighted by Gasteiger charge is 2.16. The Balaban J connectivity index is 1.67. The number of rotatable bonds is 6. The lowest BCUT2D eigenvalue weighted by atomic mass is 10.0. The van der Waals surface area contributed by atoms with Crippen molar-refractivity contribution in [2.75, 3.05) is 5.32 Å². The normalized spacial score (nSPS) is 12.9. The van der Waals surface area contributed by atoms with Crippen molar-refractivity contribution in [3.63, 3.8) is 0 Å². The van der Waals surface area contributed by atoms with Crippen molar-refractivity contribution in [1.29, 1.82) is 0 Å². The van der Waals surface area contributed by atoms with Gasteiger partial charge < -0.3 is 10.4 Å². The van der Waals surface area contributed by atoms with Gasteiger partial charge in [-0.25, -0.2) is 0 Å². The van der Waals surface area contributed by atoms with E-state index in [9.17, 15) is 9.59 Å². The Morgan fingerprint density at radius 1 is 1.24 bits per heavy atom. The van der Waals surface area contributed by atoms with E-state index < -0.39 is 5.97 Å². The first-order chi connectivity index (χ1) is 11.9. The molecule has 25 heavy (non-hydrogen) atoms. The fourth-order valence-corrected chi connectivity index (χ4v) is 3.40. The van der Waals surface area contributed by atoms with E-state index in [1.165, 1.54) is 17.5 Å². The number of hydrogen-bond acceptors (Lipinski definition) is 3. The zero-order valence-corrected chi connectivity index (χ0v) is 14.6. The maximum Gasteiger partial charge on any atom is 0.305 e. The molecule has 2 N–H and O–H groups in total. The number of carbonyl (C=O) groups is 2. The van der Waals surface area contributed by atoms with Gasteiger partial charge in [-0.1, -0.05) is 18.2 Å². The van der Waals surface area contributed by atoms with Crippen LogP contribution in [0.5, 0.6) is 0 Å². The maximum atomic E-state index is 12.4. The van der Waals surface area contributed by atoms with Gasteiger partial charge in [0, 0.05) is 0 Å². The van der Waals surface area contributed by atoms with Crippen LogP contribution in [0.25, 0.3) is 0 Å². The summed E-state index contributed by atoms with van der Waals surface area (Å²) in [6.45, 7) is 3.95. The third-order valence-electron chi connectivity index (χ3n) is 4.71. The van der Waals surface area contributed by atoms with Crippen molar-refractivity contribution in [2.45, 2.75) is 52.5 Å². The molecule has 2 aromatic rings. The zero-order valence-electron chi connectivity index (χ0n) is 14.6. The minimum Gasteiger partial charge on any atom is -0.481 e. The molecular formula is C19H23N3O3. The highest BCUT2D eigenvalue weighted by atomic mass is 16.4. The van der Waals surface area contributed by atoms with Crippen LogP contribution in [0.15, 0.2) is 18.2 Å². The van der Waals surface area contributed by atoms with Crippen LogP contribution in [0.2, 0.25) is 0 Å². The summed E-state index contributed by atoms with van der Waals surface area (Å²) in [7, 11) is 0. The molecule has 0 unspecified atom stereocenters. The summed E-state index contributed by atoms with van der Waals surface area (Å²) in [5.74, 6) is -0.948. The largest absolute Gasteiger partial charge is 0.481 e. The van der Waals surface area contributed by atoms with E-state index >= 15 is 0 Å². The average Bonchev–Trinajstić information content (AvgIpc) is 3.12. The Morgan fingerprint density at radius 2 is 2.00 bits per heavy atom. The fourth-order valence-electron chi connectivity index (χ4n) is 3.40. The minimum absolute atomic E-state index is 0.00444. The van der Waals surface area contributed by atoms with Crippen molar-refractivity contribution in [2.24, 2.45) is 0 Å². The summed E-state index contributed by atoms with van der Waals surface area (Å²) in [5.41, 5.74) is 5.93. The quantitative estimate of drug-likeness (QED) is 0.846. The summed E-state index contributed by atoms with van der Waals surface area (Å²) in [6, 6.07) is 6.29. The number of fused-ring (bicyclic) bond motifs is 1. The van der Waals surface area contributed by atoms with Crippen LogP contribution in [0.4, 0.5) is 5.69 Å². The van der Waals surface area contributed by atoms with Crippen LogP contribution in [0.3, 0.4) is 0 Å². The molecule has 6 heteroatoms. The highest BCUT2D eigenvalue weighted by Crippen LogP contribution is 2.24. The molecule has 0 aliphatic heterocycles. The molecule has 1 aromatic carbocycles. The molecule has 0 radical (unpaired) electrons. The fraction of sp³-hybridized carbons (Fsp3) is 0.421. The number of hydrogen-bond donors (Lipinski definition) is 2. The molecule has 0 bridgehead atoms. The van der Waals surface area contributed by atoms with E-state index in [0.717, 1.165) is 24.1 Å². The van der Waals surface area contributed by atoms with E-state index in [-0.39, 0.29) is 12.3 Å². The van der Waals surface area contributed by atoms with Crippen molar-refractivity contribution in [3.05, 3.63) is 46.3 Å². The van der Waals surface area contributed by atoms with Crippen LogP contribution >= 0.6 is 0 Å². The number of aromatic nitrogens is 2. The van der Waals surface area contributed by atoms with E-state index in [1.807, 2.05) is 19.9 Å². The molecule has 1 aliphatic rings. The lowest BCUT2D eigenvalue weighted by molar-refractivity contribution is -0.137. The third-order valence-corrected chi connectivity index (χ3v) is 4.71. The standard InChI is InChI=1S/C19H23N3O3/c1-12-19(13(2)22(21-12)9-8-18(24)25)20-17(23)11-14-6-7-15-4-3-5-16(15)10-14/h6-7,10H,3-5,8-9,11H2,1-2H3,(H,20,23)(H,24,25). The van der Waals surface area contributed by atoms with Gasteiger partial charge in [-0.2, -0.15) is 5.10 Å². The SMILES string of the molecule is Cc1nn(CCC(=O)O)c(C)c1NC(=O)Cc1ccc2c(c1)CCC2. The molecule has 0 saturated heterocycles. The Morgan fingerprint density at radius 3 is 2.76 bits per heavy atom. The number of nitrogens with zero attached hydrogens (tertiary/aromatic N) is 2. The Labute approximate surface area is 146 Å². The molecule has 0 atom stereocenters. The van der Waals surface area contributed by atoms with Crippen molar-refractivity contribution >= 4 is 17.6 Å². The molecule has 132 valence electrons. The molecule has 1 aromatic heterocycles. The van der Waals surface area contributed by atoms with E-state index in [0.29, 0.717) is 24.3 Å². The molecule has 1 aliphatic carbocycles. The average molecular weight is 341 g/mol. The van der Waals surface area contributed by atoms with Gasteiger partial charge in [0.25, 0.3) is 0 Å². The van der Waals surface area contributed by atoms with Crippen LogP contribution in [-0.2, 0) is 35.4 Å². The number of benzene rings is 1. The second-order valence-electron chi connectivity index (χ2n) is 6.59. The third kappa shape index (κ3) is 3.90. The first kappa shape index (κ1) is 17.2. The summed E-state index contributed by atoms with van der Waals surface area (Å²) in [4.78, 5) is 23.1. The van der Waals surface area contributed by atoms with Crippen LogP contribution in [0, 0.1) is 13.8 Å². The Bertz CT molecular complexity index is 824. The van der Waals surface area contributed by atoms with Crippen LogP contribution < -0.4 is 5.32 Å². The molecule has 0 saturated carbocycles. The zero-order chi connectivity index (χ0) is 18.0. The predicted octanol–water partition coefficient (Wildman–Crippen LogP) is 2.64. The number of nitrogens with one attached hydrogen (secondary N) is 1. The summed E-state index contributed by atoms with van der Waals surface area (Å²) >= 11 is 0. The lowest BCUT2D eigenvalue weighted by Gasteiger charge is -2.08. The van der Waals surface area contributed by atoms with Crippen LogP contribution in [-0.4, -0.2) is 26.8 Å². The summed E-state index contributed by atoms with van der Waals surface area (Å²) < 4.78 is 1.63. The van der Waals surface area contributed by atoms with E-state index in [1.54, 1.807) is 4.68 Å². The molecule has 0 fully saturated rings. The Kier molecular flexibility index (Phi) is 4.88. The monoisotopic (exact) mass is 341 g/mol. The number of amides is 1. The minimum atomic E-state index is -0.866. The number of carboxylic acids is 1. The number of aliphatic carboxylic acids is 1. The highest BCUT2D eigenvalue weighted by molar-refractivity contribution is 5.93. The molecule has 3 rings (SSSR count). The molecule has 6 nitrogen and oxygen atoms in total. The summed E-state index contributed by atoms with van der Waals surface area (Å²) in [5, 5.41) is 16.1. The smallest absolute Gasteiger partial charge is 0.305 e. The van der Waals surface area contributed by atoms with E-state index in [4.69, 9.17) is 5.11 Å². The summed E-state index contributed by atoms with van der Waals surface area (Å²) in [6.07, 6.45) is 3.75. The van der Waals surface area contributed by atoms with Crippen LogP contribution in [0.1, 0.15) is 40.9 Å². The van der Waals surface area contributed by atoms with E-state index in [2.05, 4.69) is 22.5 Å². The van der Waals surface area contributed by atoms with Gasteiger partial charge in [-0.05, 0) is 49.8 Å². The Hall–Kier alpha value is -2.63. The molecule has 0 spiro atoms. The van der Waals surface area contributed by atoms with Gasteiger partial charge >= 0.3 is 5.97 Å². The second kappa shape index (κ2) is 7.09. The maximum absolute atomic E-state index is 12.4. The van der Waals surface area contributed by atoms with Gasteiger partial charge in [0.05, 0.1) is 36.5 Å². The number of aryl methyl sites for hydroxylation is 4. The predicted molar refractivity (Wildman–Crippen MR) is 94.8 cm³/mol. The van der Waals surface area contributed by atoms with Crippen molar-refractivity contribution in [1.82, 2.24) is 9.78 Å². The molecule has 1 amide bonds. The van der Waals surface area contributed by atoms with Gasteiger partial charge in [-0.3, -0.25) is 14.3 Å². The second-order valence-corrected chi connectivity index (χ2v) is 6.59. The number of carboxylic acid groups (broad SMARTS) is 1. The van der Waals surface area contributed by atoms with Gasteiger partial charge in [0.1, 0.15) is 0 Å². The molecular weight excluding hydrogens is 318 g/mol. The first-order valence-electron chi connectivity index (χ1n) is 8.60. The van der Waals surface area contributed by atoms with Gasteiger partial charge in [0.15, 0.2) is 0 Å². The molecule has 1 heterocycles. The number of anilines is 1. The van der Waals surface area contributed by atoms with Crippen molar-refractivity contribution in [3.8, 4) is 0 Å². The lowest BCUT2D eigenvalue weighted by Crippen LogP contribution is -2.16. The van der Waals surface area contributed by atoms with Crippen molar-refractivity contribution < 1.29 is 14.7 Å². The first-order valence-corrected chi connectivity index (χ1v) is 8.60. The van der Waals surface area contributed by atoms with Gasteiger partial charge in [0.2, 0.25) is 5.91 Å².